The second-order valence-electron chi connectivity index (χ2n) is 3.89. The van der Waals surface area contributed by atoms with Crippen molar-refractivity contribution in [3.8, 4) is 0 Å². The van der Waals surface area contributed by atoms with Gasteiger partial charge in [-0.15, -0.1) is 0 Å². The highest BCUT2D eigenvalue weighted by molar-refractivity contribution is 5.73. The molecule has 0 saturated heterocycles. The molecule has 5 heteroatoms. The van der Waals surface area contributed by atoms with Crippen LogP contribution in [-0.2, 0) is 22.5 Å². The molecule has 1 aliphatic heterocycles. The van der Waals surface area contributed by atoms with Gasteiger partial charge in [0, 0.05) is 12.6 Å². The van der Waals surface area contributed by atoms with E-state index in [9.17, 15) is 4.79 Å². The molecule has 1 unspecified atom stereocenters. The van der Waals surface area contributed by atoms with Crippen LogP contribution in [0.15, 0.2) is 6.07 Å². The fourth-order valence-corrected chi connectivity index (χ4v) is 1.84. The van der Waals surface area contributed by atoms with Crippen molar-refractivity contribution in [1.29, 1.82) is 0 Å². The van der Waals surface area contributed by atoms with Gasteiger partial charge in [-0.25, -0.2) is 4.68 Å². The molecule has 0 radical (unpaired) electrons. The van der Waals surface area contributed by atoms with Crippen molar-refractivity contribution in [3.63, 3.8) is 0 Å². The predicted octanol–water partition coefficient (Wildman–Crippen LogP) is 1.05. The first-order valence-corrected chi connectivity index (χ1v) is 5.71. The number of carbonyl (C=O) groups excluding carboxylic acids is 1. The molecule has 2 rings (SSSR count). The van der Waals surface area contributed by atoms with Gasteiger partial charge in [-0.05, 0) is 13.3 Å². The van der Waals surface area contributed by atoms with Gasteiger partial charge in [0.2, 0.25) is 0 Å². The first-order chi connectivity index (χ1) is 7.74. The van der Waals surface area contributed by atoms with Crippen LogP contribution in [-0.4, -0.2) is 28.9 Å². The van der Waals surface area contributed by atoms with E-state index in [-0.39, 0.29) is 11.9 Å². The van der Waals surface area contributed by atoms with Gasteiger partial charge in [0.05, 0.1) is 24.8 Å². The third kappa shape index (κ3) is 2.03. The van der Waals surface area contributed by atoms with Crippen LogP contribution in [0.1, 0.15) is 19.5 Å². The molecule has 0 spiro atoms. The van der Waals surface area contributed by atoms with Gasteiger partial charge in [-0.2, -0.15) is 5.10 Å². The summed E-state index contributed by atoms with van der Waals surface area (Å²) in [4.78, 5) is 11.6. The van der Waals surface area contributed by atoms with Gasteiger partial charge in [0.15, 0.2) is 0 Å². The van der Waals surface area contributed by atoms with Crippen molar-refractivity contribution in [2.45, 2.75) is 26.8 Å². The van der Waals surface area contributed by atoms with Crippen LogP contribution >= 0.6 is 0 Å². The number of aryl methyl sites for hydroxylation is 1. The molecule has 0 aliphatic carbocycles. The lowest BCUT2D eigenvalue weighted by molar-refractivity contribution is -0.148. The van der Waals surface area contributed by atoms with E-state index in [4.69, 9.17) is 4.74 Å². The van der Waals surface area contributed by atoms with Crippen LogP contribution in [0.3, 0.4) is 0 Å². The minimum absolute atomic E-state index is 0.128. The lowest BCUT2D eigenvalue weighted by atomic mass is 10.1. The first-order valence-electron chi connectivity index (χ1n) is 5.71. The summed E-state index contributed by atoms with van der Waals surface area (Å²) < 4.78 is 6.86. The van der Waals surface area contributed by atoms with Gasteiger partial charge in [-0.1, -0.05) is 6.92 Å². The van der Waals surface area contributed by atoms with E-state index in [0.717, 1.165) is 17.9 Å². The second-order valence-corrected chi connectivity index (χ2v) is 3.89. The SMILES string of the molecule is CCOC(=O)C1CNc2cc(CC)nn2C1. The minimum Gasteiger partial charge on any atom is -0.466 e. The van der Waals surface area contributed by atoms with E-state index in [1.54, 1.807) is 0 Å². The summed E-state index contributed by atoms with van der Waals surface area (Å²) in [5.74, 6) is 0.726. The van der Waals surface area contributed by atoms with Gasteiger partial charge in [0.1, 0.15) is 5.82 Å². The van der Waals surface area contributed by atoms with Crippen LogP contribution in [0.5, 0.6) is 0 Å². The maximum Gasteiger partial charge on any atom is 0.312 e. The van der Waals surface area contributed by atoms with Gasteiger partial charge < -0.3 is 10.1 Å². The number of esters is 1. The topological polar surface area (TPSA) is 56.1 Å². The zero-order valence-corrected chi connectivity index (χ0v) is 9.69. The van der Waals surface area contributed by atoms with Gasteiger partial charge in [0.25, 0.3) is 0 Å². The minimum atomic E-state index is -0.144. The fourth-order valence-electron chi connectivity index (χ4n) is 1.84. The molecular formula is C11H17N3O2. The Labute approximate surface area is 94.8 Å². The van der Waals surface area contributed by atoms with Crippen molar-refractivity contribution in [3.05, 3.63) is 11.8 Å². The summed E-state index contributed by atoms with van der Waals surface area (Å²) >= 11 is 0. The molecule has 1 aromatic heterocycles. The van der Waals surface area contributed by atoms with Crippen LogP contribution in [0.25, 0.3) is 0 Å². The highest BCUT2D eigenvalue weighted by Crippen LogP contribution is 2.19. The molecule has 88 valence electrons. The fraction of sp³-hybridized carbons (Fsp3) is 0.636. The lowest BCUT2D eigenvalue weighted by Gasteiger charge is -2.23. The largest absolute Gasteiger partial charge is 0.466 e. The number of nitrogens with zero attached hydrogens (tertiary/aromatic N) is 2. The van der Waals surface area contributed by atoms with Crippen LogP contribution in [0.4, 0.5) is 5.82 Å². The number of aromatic nitrogens is 2. The Morgan fingerprint density at radius 1 is 1.69 bits per heavy atom. The molecule has 1 aromatic rings. The maximum atomic E-state index is 11.6. The van der Waals surface area contributed by atoms with E-state index in [1.807, 2.05) is 17.7 Å². The van der Waals surface area contributed by atoms with Gasteiger partial charge >= 0.3 is 5.97 Å². The number of anilines is 1. The molecule has 0 fully saturated rings. The Morgan fingerprint density at radius 2 is 2.50 bits per heavy atom. The highest BCUT2D eigenvalue weighted by Gasteiger charge is 2.26. The predicted molar refractivity (Wildman–Crippen MR) is 60.2 cm³/mol. The molecule has 1 aliphatic rings. The molecular weight excluding hydrogens is 206 g/mol. The number of rotatable bonds is 3. The van der Waals surface area contributed by atoms with Crippen molar-refractivity contribution in [1.82, 2.24) is 9.78 Å². The molecule has 0 amide bonds. The molecule has 1 N–H and O–H groups in total. The van der Waals surface area contributed by atoms with Crippen molar-refractivity contribution >= 4 is 11.8 Å². The summed E-state index contributed by atoms with van der Waals surface area (Å²) in [7, 11) is 0. The molecule has 1 atom stereocenters. The Hall–Kier alpha value is -1.52. The summed E-state index contributed by atoms with van der Waals surface area (Å²) in [6.07, 6.45) is 0.908. The van der Waals surface area contributed by atoms with Crippen LogP contribution < -0.4 is 5.32 Å². The third-order valence-electron chi connectivity index (χ3n) is 2.74. The quantitative estimate of drug-likeness (QED) is 0.778. The third-order valence-corrected chi connectivity index (χ3v) is 2.74. The van der Waals surface area contributed by atoms with Crippen molar-refractivity contribution in [2.24, 2.45) is 5.92 Å². The maximum absolute atomic E-state index is 11.6. The second kappa shape index (κ2) is 4.55. The average Bonchev–Trinajstić information content (AvgIpc) is 2.70. The van der Waals surface area contributed by atoms with Gasteiger partial charge in [-0.3, -0.25) is 4.79 Å². The van der Waals surface area contributed by atoms with E-state index in [1.165, 1.54) is 0 Å². The van der Waals surface area contributed by atoms with Crippen LogP contribution in [0, 0.1) is 5.92 Å². The Balaban J connectivity index is 2.08. The number of nitrogens with one attached hydrogen (secondary N) is 1. The number of fused-ring (bicyclic) bond motifs is 1. The average molecular weight is 223 g/mol. The Bertz CT molecular complexity index is 387. The van der Waals surface area contributed by atoms with E-state index in [0.29, 0.717) is 19.7 Å². The molecule has 2 heterocycles. The zero-order valence-electron chi connectivity index (χ0n) is 9.69. The summed E-state index contributed by atoms with van der Waals surface area (Å²) in [6.45, 7) is 5.57. The number of ether oxygens (including phenoxy) is 1. The lowest BCUT2D eigenvalue weighted by Crippen LogP contribution is -2.34. The molecule has 5 nitrogen and oxygen atoms in total. The molecule has 0 bridgehead atoms. The normalized spacial score (nSPS) is 18.8. The molecule has 16 heavy (non-hydrogen) atoms. The molecule has 0 saturated carbocycles. The number of carbonyl (C=O) groups is 1. The summed E-state index contributed by atoms with van der Waals surface area (Å²) in [5.41, 5.74) is 1.05. The van der Waals surface area contributed by atoms with E-state index >= 15 is 0 Å². The summed E-state index contributed by atoms with van der Waals surface area (Å²) in [5, 5.41) is 7.61. The monoisotopic (exact) mass is 223 g/mol. The Morgan fingerprint density at radius 3 is 3.19 bits per heavy atom. The van der Waals surface area contributed by atoms with E-state index < -0.39 is 0 Å². The Kier molecular flexibility index (Phi) is 3.12. The van der Waals surface area contributed by atoms with Crippen LogP contribution in [0.2, 0.25) is 0 Å². The highest BCUT2D eigenvalue weighted by atomic mass is 16.5. The zero-order chi connectivity index (χ0) is 11.5. The standard InChI is InChI=1S/C11H17N3O2/c1-3-9-5-10-12-6-8(7-14(10)13-9)11(15)16-4-2/h5,8,12H,3-4,6-7H2,1-2H3. The summed E-state index contributed by atoms with van der Waals surface area (Å²) in [6, 6.07) is 2.03. The molecule has 0 aromatic carbocycles. The smallest absolute Gasteiger partial charge is 0.312 e. The first kappa shape index (κ1) is 11.0. The van der Waals surface area contributed by atoms with E-state index in [2.05, 4.69) is 17.3 Å². The number of hydrogen-bond donors (Lipinski definition) is 1. The van der Waals surface area contributed by atoms with Crippen molar-refractivity contribution < 1.29 is 9.53 Å². The van der Waals surface area contributed by atoms with Crippen molar-refractivity contribution in [2.75, 3.05) is 18.5 Å². The number of hydrogen-bond acceptors (Lipinski definition) is 4.